The summed E-state index contributed by atoms with van der Waals surface area (Å²) in [5.41, 5.74) is -0.214. The molecular weight excluding hydrogens is 224 g/mol. The Kier molecular flexibility index (Phi) is 2.82. The molecule has 0 aliphatic rings. The molecule has 1 aromatic heterocycles. The fourth-order valence-electron chi connectivity index (χ4n) is 1.56. The molecule has 0 saturated heterocycles. The zero-order valence-corrected chi connectivity index (χ0v) is 9.10. The van der Waals surface area contributed by atoms with Crippen LogP contribution in [0.1, 0.15) is 17.5 Å². The lowest BCUT2D eigenvalue weighted by Gasteiger charge is -2.06. The first-order valence-corrected chi connectivity index (χ1v) is 5.06. The fourth-order valence-corrected chi connectivity index (χ4v) is 1.56. The molecular formula is C12H10O5. The molecule has 0 unspecified atom stereocenters. The quantitative estimate of drug-likeness (QED) is 0.877. The molecule has 0 aliphatic carbocycles. The lowest BCUT2D eigenvalue weighted by molar-refractivity contribution is 0.0663. The average molecular weight is 234 g/mol. The third kappa shape index (κ3) is 1.99. The summed E-state index contributed by atoms with van der Waals surface area (Å²) in [6, 6.07) is 5.77. The van der Waals surface area contributed by atoms with Crippen LogP contribution in [0.15, 0.2) is 33.5 Å². The number of rotatable bonds is 3. The van der Waals surface area contributed by atoms with E-state index in [9.17, 15) is 9.59 Å². The predicted molar refractivity (Wildman–Crippen MR) is 60.6 cm³/mol. The normalized spacial score (nSPS) is 10.4. The molecule has 0 spiro atoms. The lowest BCUT2D eigenvalue weighted by atomic mass is 10.2. The van der Waals surface area contributed by atoms with Crippen molar-refractivity contribution in [2.75, 3.05) is 6.61 Å². The van der Waals surface area contributed by atoms with Gasteiger partial charge in [-0.1, -0.05) is 6.07 Å². The predicted octanol–water partition coefficient (Wildman–Crippen LogP) is 1.89. The molecule has 0 fully saturated rings. The molecule has 0 amide bonds. The van der Waals surface area contributed by atoms with Gasteiger partial charge in [-0.3, -0.25) is 4.79 Å². The average Bonchev–Trinajstić information content (AvgIpc) is 2.29. The van der Waals surface area contributed by atoms with E-state index in [1.807, 2.05) is 0 Å². The van der Waals surface area contributed by atoms with Gasteiger partial charge in [-0.15, -0.1) is 0 Å². The van der Waals surface area contributed by atoms with Crippen molar-refractivity contribution in [2.24, 2.45) is 0 Å². The molecule has 0 bridgehead atoms. The Balaban J connectivity index is 2.76. The van der Waals surface area contributed by atoms with Crippen LogP contribution in [0.25, 0.3) is 11.0 Å². The summed E-state index contributed by atoms with van der Waals surface area (Å²) in [7, 11) is 0. The standard InChI is InChI=1S/C12H10O5/c1-2-16-8-4-3-5-9-11(8)7(13)6-10(17-9)12(14)15/h3-6H,2H2,1H3,(H,14,15). The number of carboxylic acid groups (broad SMARTS) is 1. The topological polar surface area (TPSA) is 76.7 Å². The number of hydrogen-bond acceptors (Lipinski definition) is 4. The minimum Gasteiger partial charge on any atom is -0.493 e. The largest absolute Gasteiger partial charge is 0.493 e. The third-order valence-corrected chi connectivity index (χ3v) is 2.23. The van der Waals surface area contributed by atoms with Crippen molar-refractivity contribution in [3.63, 3.8) is 0 Å². The number of carbonyl (C=O) groups is 1. The molecule has 17 heavy (non-hydrogen) atoms. The summed E-state index contributed by atoms with van der Waals surface area (Å²) in [6.07, 6.45) is 0. The number of benzene rings is 1. The van der Waals surface area contributed by atoms with E-state index in [0.717, 1.165) is 6.07 Å². The molecule has 88 valence electrons. The Morgan fingerprint density at radius 2 is 2.24 bits per heavy atom. The Hall–Kier alpha value is -2.30. The smallest absolute Gasteiger partial charge is 0.371 e. The van der Waals surface area contributed by atoms with Gasteiger partial charge in [0.2, 0.25) is 5.76 Å². The van der Waals surface area contributed by atoms with Crippen molar-refractivity contribution in [3.05, 3.63) is 40.2 Å². The maximum atomic E-state index is 11.8. The molecule has 0 radical (unpaired) electrons. The Morgan fingerprint density at radius 1 is 1.47 bits per heavy atom. The summed E-state index contributed by atoms with van der Waals surface area (Å²) in [5, 5.41) is 9.04. The van der Waals surface area contributed by atoms with Gasteiger partial charge >= 0.3 is 5.97 Å². The molecule has 0 saturated carbocycles. The first-order chi connectivity index (χ1) is 8.13. The molecule has 5 heteroatoms. The first-order valence-electron chi connectivity index (χ1n) is 5.06. The van der Waals surface area contributed by atoms with Crippen LogP contribution in [-0.2, 0) is 0 Å². The van der Waals surface area contributed by atoms with E-state index in [2.05, 4.69) is 0 Å². The van der Waals surface area contributed by atoms with Gasteiger partial charge in [-0.05, 0) is 19.1 Å². The number of carboxylic acids is 1. The van der Waals surface area contributed by atoms with E-state index in [1.165, 1.54) is 6.07 Å². The van der Waals surface area contributed by atoms with Gasteiger partial charge in [0.25, 0.3) is 0 Å². The highest BCUT2D eigenvalue weighted by Gasteiger charge is 2.13. The van der Waals surface area contributed by atoms with Crippen molar-refractivity contribution in [1.29, 1.82) is 0 Å². The van der Waals surface area contributed by atoms with Gasteiger partial charge in [0.15, 0.2) is 5.43 Å². The third-order valence-electron chi connectivity index (χ3n) is 2.23. The van der Waals surface area contributed by atoms with E-state index in [4.69, 9.17) is 14.3 Å². The molecule has 2 aromatic rings. The molecule has 1 aromatic carbocycles. The van der Waals surface area contributed by atoms with E-state index in [-0.39, 0.29) is 16.7 Å². The van der Waals surface area contributed by atoms with Crippen molar-refractivity contribution in [2.45, 2.75) is 6.92 Å². The van der Waals surface area contributed by atoms with Crippen molar-refractivity contribution >= 4 is 16.9 Å². The highest BCUT2D eigenvalue weighted by Crippen LogP contribution is 2.23. The molecule has 1 N–H and O–H groups in total. The van der Waals surface area contributed by atoms with Gasteiger partial charge in [-0.25, -0.2) is 4.79 Å². The number of fused-ring (bicyclic) bond motifs is 1. The molecule has 0 atom stereocenters. The van der Waals surface area contributed by atoms with Crippen LogP contribution in [0, 0.1) is 0 Å². The van der Waals surface area contributed by atoms with Gasteiger partial charge in [0.1, 0.15) is 16.7 Å². The summed E-state index contributed by atoms with van der Waals surface area (Å²) < 4.78 is 10.4. The first kappa shape index (κ1) is 11.2. The van der Waals surface area contributed by atoms with E-state index < -0.39 is 11.4 Å². The number of hydrogen-bond donors (Lipinski definition) is 1. The summed E-state index contributed by atoms with van der Waals surface area (Å²) in [6.45, 7) is 2.21. The Bertz CT molecular complexity index is 626. The fraction of sp³-hybridized carbons (Fsp3) is 0.167. The van der Waals surface area contributed by atoms with Gasteiger partial charge < -0.3 is 14.3 Å². The second kappa shape index (κ2) is 4.29. The summed E-state index contributed by atoms with van der Waals surface area (Å²) in [5.74, 6) is -1.25. The van der Waals surface area contributed by atoms with Gasteiger partial charge in [-0.2, -0.15) is 0 Å². The Labute approximate surface area is 96.2 Å². The monoisotopic (exact) mass is 234 g/mol. The second-order valence-corrected chi connectivity index (χ2v) is 3.34. The molecule has 5 nitrogen and oxygen atoms in total. The minimum atomic E-state index is -1.27. The zero-order valence-electron chi connectivity index (χ0n) is 9.10. The van der Waals surface area contributed by atoms with Crippen LogP contribution in [0.5, 0.6) is 5.75 Å². The van der Waals surface area contributed by atoms with Gasteiger partial charge in [0, 0.05) is 6.07 Å². The van der Waals surface area contributed by atoms with Crippen LogP contribution in [0.2, 0.25) is 0 Å². The number of ether oxygens (including phenoxy) is 1. The van der Waals surface area contributed by atoms with E-state index >= 15 is 0 Å². The maximum Gasteiger partial charge on any atom is 0.371 e. The highest BCUT2D eigenvalue weighted by molar-refractivity contribution is 5.89. The summed E-state index contributed by atoms with van der Waals surface area (Å²) >= 11 is 0. The van der Waals surface area contributed by atoms with E-state index in [0.29, 0.717) is 12.4 Å². The van der Waals surface area contributed by atoms with E-state index in [1.54, 1.807) is 19.1 Å². The van der Waals surface area contributed by atoms with Crippen molar-refractivity contribution in [1.82, 2.24) is 0 Å². The van der Waals surface area contributed by atoms with Crippen LogP contribution in [-0.4, -0.2) is 17.7 Å². The zero-order chi connectivity index (χ0) is 12.4. The highest BCUT2D eigenvalue weighted by atomic mass is 16.5. The second-order valence-electron chi connectivity index (χ2n) is 3.34. The van der Waals surface area contributed by atoms with Crippen LogP contribution in [0.4, 0.5) is 0 Å². The minimum absolute atomic E-state index is 0.209. The molecule has 2 rings (SSSR count). The molecule has 1 heterocycles. The molecule has 0 aliphatic heterocycles. The van der Waals surface area contributed by atoms with Crippen LogP contribution in [0.3, 0.4) is 0 Å². The number of aromatic carboxylic acids is 1. The van der Waals surface area contributed by atoms with Crippen molar-refractivity contribution < 1.29 is 19.1 Å². The SMILES string of the molecule is CCOc1cccc2oc(C(=O)O)cc(=O)c12. The van der Waals surface area contributed by atoms with Crippen LogP contribution < -0.4 is 10.2 Å². The Morgan fingerprint density at radius 3 is 2.88 bits per heavy atom. The van der Waals surface area contributed by atoms with Crippen molar-refractivity contribution in [3.8, 4) is 5.75 Å². The van der Waals surface area contributed by atoms with Gasteiger partial charge in [0.05, 0.1) is 6.61 Å². The maximum absolute atomic E-state index is 11.8. The lowest BCUT2D eigenvalue weighted by Crippen LogP contribution is -2.08. The summed E-state index contributed by atoms with van der Waals surface area (Å²) in [4.78, 5) is 22.5. The van der Waals surface area contributed by atoms with Crippen LogP contribution >= 0.6 is 0 Å².